The van der Waals surface area contributed by atoms with Gasteiger partial charge in [-0.3, -0.25) is 0 Å². The highest BCUT2D eigenvalue weighted by molar-refractivity contribution is 5.55. The van der Waals surface area contributed by atoms with Crippen molar-refractivity contribution in [3.63, 3.8) is 0 Å². The second kappa shape index (κ2) is 6.10. The van der Waals surface area contributed by atoms with Gasteiger partial charge in [0.25, 0.3) is 0 Å². The number of benzene rings is 1. The van der Waals surface area contributed by atoms with Gasteiger partial charge in [-0.25, -0.2) is 4.98 Å². The number of rotatable bonds is 5. The number of hydrogen-bond donors (Lipinski definition) is 1. The van der Waals surface area contributed by atoms with Crippen LogP contribution in [0.5, 0.6) is 5.88 Å². The van der Waals surface area contributed by atoms with E-state index in [9.17, 15) is 13.2 Å². The molecule has 0 spiro atoms. The number of ether oxygens (including phenoxy) is 1. The lowest BCUT2D eigenvalue weighted by Gasteiger charge is -2.17. The summed E-state index contributed by atoms with van der Waals surface area (Å²) < 4.78 is 45.0. The van der Waals surface area contributed by atoms with E-state index in [1.807, 2.05) is 12.1 Å². The second-order valence-electron chi connectivity index (χ2n) is 5.54. The lowest BCUT2D eigenvalue weighted by Crippen LogP contribution is -2.13. The zero-order valence-electron chi connectivity index (χ0n) is 12.7. The summed E-state index contributed by atoms with van der Waals surface area (Å²) in [5, 5.41) is 2.78. The van der Waals surface area contributed by atoms with E-state index in [0.29, 0.717) is 17.5 Å². The van der Waals surface area contributed by atoms with Crippen molar-refractivity contribution in [2.24, 2.45) is 0 Å². The predicted molar refractivity (Wildman–Crippen MR) is 81.5 cm³/mol. The zero-order chi connectivity index (χ0) is 16.4. The Balaban J connectivity index is 1.83. The summed E-state index contributed by atoms with van der Waals surface area (Å²) in [7, 11) is 1.59. The minimum Gasteiger partial charge on any atom is -0.473 e. The van der Waals surface area contributed by atoms with E-state index in [-0.39, 0.29) is 12.2 Å². The molecule has 1 fully saturated rings. The Morgan fingerprint density at radius 3 is 2.57 bits per heavy atom. The molecule has 1 aromatic carbocycles. The van der Waals surface area contributed by atoms with Crippen LogP contribution in [0.15, 0.2) is 36.4 Å². The fraction of sp³-hybridized carbons (Fsp3) is 0.353. The molecule has 0 atom stereocenters. The minimum absolute atomic E-state index is 0.0844. The standard InChI is InChI=1S/C17H17F3N2O/c1-21-15-6-2-4-13(17(18,19)20)12(15)10-23-16-7-3-5-14(22-16)11-8-9-11/h2-7,11,21H,8-10H2,1H3. The van der Waals surface area contributed by atoms with Crippen molar-refractivity contribution in [1.82, 2.24) is 4.98 Å². The van der Waals surface area contributed by atoms with Crippen LogP contribution >= 0.6 is 0 Å². The summed E-state index contributed by atoms with van der Waals surface area (Å²) in [6.07, 6.45) is -2.20. The number of aromatic nitrogens is 1. The molecule has 1 aliphatic rings. The average Bonchev–Trinajstić information content (AvgIpc) is 3.37. The van der Waals surface area contributed by atoms with Crippen molar-refractivity contribution >= 4 is 5.69 Å². The second-order valence-corrected chi connectivity index (χ2v) is 5.54. The first-order valence-electron chi connectivity index (χ1n) is 7.45. The highest BCUT2D eigenvalue weighted by atomic mass is 19.4. The van der Waals surface area contributed by atoms with E-state index < -0.39 is 11.7 Å². The number of hydrogen-bond acceptors (Lipinski definition) is 3. The molecular formula is C17H17F3N2O. The fourth-order valence-electron chi connectivity index (χ4n) is 2.51. The van der Waals surface area contributed by atoms with Gasteiger partial charge < -0.3 is 10.1 Å². The van der Waals surface area contributed by atoms with Gasteiger partial charge in [0.1, 0.15) is 6.61 Å². The summed E-state index contributed by atoms with van der Waals surface area (Å²) >= 11 is 0. The van der Waals surface area contributed by atoms with Gasteiger partial charge in [-0.05, 0) is 31.0 Å². The maximum atomic E-state index is 13.2. The van der Waals surface area contributed by atoms with Crippen molar-refractivity contribution in [3.8, 4) is 5.88 Å². The smallest absolute Gasteiger partial charge is 0.416 e. The molecule has 6 heteroatoms. The molecule has 1 aliphatic carbocycles. The van der Waals surface area contributed by atoms with Crippen LogP contribution < -0.4 is 10.1 Å². The molecule has 3 nitrogen and oxygen atoms in total. The maximum absolute atomic E-state index is 13.2. The normalized spacial score (nSPS) is 14.6. The lowest BCUT2D eigenvalue weighted by atomic mass is 10.1. The van der Waals surface area contributed by atoms with Crippen LogP contribution in [0.4, 0.5) is 18.9 Å². The molecule has 0 aliphatic heterocycles. The number of alkyl halides is 3. The minimum atomic E-state index is -4.42. The van der Waals surface area contributed by atoms with E-state index in [0.717, 1.165) is 24.6 Å². The molecule has 0 bridgehead atoms. The van der Waals surface area contributed by atoms with E-state index >= 15 is 0 Å². The SMILES string of the molecule is CNc1cccc(C(F)(F)F)c1COc1cccc(C2CC2)n1. The Morgan fingerprint density at radius 2 is 1.91 bits per heavy atom. The van der Waals surface area contributed by atoms with Crippen LogP contribution in [-0.2, 0) is 12.8 Å². The third-order valence-electron chi connectivity index (χ3n) is 3.86. The van der Waals surface area contributed by atoms with Crippen LogP contribution in [-0.4, -0.2) is 12.0 Å². The van der Waals surface area contributed by atoms with Crippen LogP contribution in [0.3, 0.4) is 0 Å². The molecule has 0 saturated heterocycles. The Kier molecular flexibility index (Phi) is 4.15. The topological polar surface area (TPSA) is 34.1 Å². The molecule has 23 heavy (non-hydrogen) atoms. The fourth-order valence-corrected chi connectivity index (χ4v) is 2.51. The van der Waals surface area contributed by atoms with Crippen LogP contribution in [0, 0.1) is 0 Å². The molecule has 0 amide bonds. The van der Waals surface area contributed by atoms with Crippen molar-refractivity contribution < 1.29 is 17.9 Å². The number of halogens is 3. The molecule has 2 aromatic rings. The quantitative estimate of drug-likeness (QED) is 0.873. The Morgan fingerprint density at radius 1 is 1.17 bits per heavy atom. The number of anilines is 1. The van der Waals surface area contributed by atoms with Crippen molar-refractivity contribution in [1.29, 1.82) is 0 Å². The van der Waals surface area contributed by atoms with Crippen molar-refractivity contribution in [2.45, 2.75) is 31.5 Å². The Hall–Kier alpha value is -2.24. The summed E-state index contributed by atoms with van der Waals surface area (Å²) in [5.74, 6) is 0.822. The van der Waals surface area contributed by atoms with Crippen molar-refractivity contribution in [3.05, 3.63) is 53.2 Å². The molecule has 122 valence electrons. The Bertz CT molecular complexity index is 696. The summed E-state index contributed by atoms with van der Waals surface area (Å²) in [6.45, 7) is -0.188. The molecule has 1 N–H and O–H groups in total. The van der Waals surface area contributed by atoms with Crippen LogP contribution in [0.25, 0.3) is 0 Å². The molecular weight excluding hydrogens is 305 g/mol. The first-order valence-corrected chi connectivity index (χ1v) is 7.45. The van der Waals surface area contributed by atoms with E-state index in [1.54, 1.807) is 19.2 Å². The molecule has 1 aromatic heterocycles. The van der Waals surface area contributed by atoms with Crippen LogP contribution in [0.1, 0.15) is 35.6 Å². The van der Waals surface area contributed by atoms with E-state index in [2.05, 4.69) is 10.3 Å². The first-order chi connectivity index (χ1) is 11.0. The van der Waals surface area contributed by atoms with Crippen LogP contribution in [0.2, 0.25) is 0 Å². The van der Waals surface area contributed by atoms with Gasteiger partial charge in [-0.1, -0.05) is 12.1 Å². The highest BCUT2D eigenvalue weighted by Crippen LogP contribution is 2.39. The van der Waals surface area contributed by atoms with E-state index in [4.69, 9.17) is 4.74 Å². The largest absolute Gasteiger partial charge is 0.473 e. The number of nitrogens with one attached hydrogen (secondary N) is 1. The van der Waals surface area contributed by atoms with Crippen molar-refractivity contribution in [2.75, 3.05) is 12.4 Å². The summed E-state index contributed by atoms with van der Waals surface area (Å²) in [6, 6.07) is 9.46. The summed E-state index contributed by atoms with van der Waals surface area (Å²) in [4.78, 5) is 4.37. The van der Waals surface area contributed by atoms with Gasteiger partial charge in [-0.2, -0.15) is 13.2 Å². The van der Waals surface area contributed by atoms with Gasteiger partial charge in [-0.15, -0.1) is 0 Å². The van der Waals surface area contributed by atoms with Gasteiger partial charge in [0, 0.05) is 36.0 Å². The highest BCUT2D eigenvalue weighted by Gasteiger charge is 2.34. The third-order valence-corrected chi connectivity index (χ3v) is 3.86. The molecule has 0 radical (unpaired) electrons. The number of pyridine rings is 1. The molecule has 1 heterocycles. The molecule has 1 saturated carbocycles. The average molecular weight is 322 g/mol. The van der Waals surface area contributed by atoms with E-state index in [1.165, 1.54) is 6.07 Å². The third kappa shape index (κ3) is 3.57. The van der Waals surface area contributed by atoms with Gasteiger partial charge in [0.05, 0.1) is 5.56 Å². The molecule has 0 unspecified atom stereocenters. The molecule has 3 rings (SSSR count). The van der Waals surface area contributed by atoms with Gasteiger partial charge in [0.15, 0.2) is 0 Å². The monoisotopic (exact) mass is 322 g/mol. The lowest BCUT2D eigenvalue weighted by molar-refractivity contribution is -0.138. The zero-order valence-corrected chi connectivity index (χ0v) is 12.7. The van der Waals surface area contributed by atoms with Gasteiger partial charge >= 0.3 is 6.18 Å². The first kappa shape index (κ1) is 15.6. The summed E-state index contributed by atoms with van der Waals surface area (Å²) in [5.41, 5.74) is 0.738. The number of nitrogens with zero attached hydrogens (tertiary/aromatic N) is 1. The predicted octanol–water partition coefficient (Wildman–Crippen LogP) is 4.60. The maximum Gasteiger partial charge on any atom is 0.416 e. The Labute approximate surface area is 132 Å². The van der Waals surface area contributed by atoms with Gasteiger partial charge in [0.2, 0.25) is 5.88 Å².